The number of anilines is 2. The standard InChI is InChI=1S/C13H15FN4OS/c1-8(20-10-6-16-18(2)7-10)13(19)17-12-5-9(15)3-4-11(12)14/h3-8H,15H2,1-2H3,(H,17,19). The first-order valence-corrected chi connectivity index (χ1v) is 6.85. The van der Waals surface area contributed by atoms with E-state index in [9.17, 15) is 9.18 Å². The molecule has 7 heteroatoms. The number of nitrogens with two attached hydrogens (primary N) is 1. The Morgan fingerprint density at radius 2 is 2.30 bits per heavy atom. The van der Waals surface area contributed by atoms with Crippen molar-refractivity contribution in [3.8, 4) is 0 Å². The number of hydrogen-bond acceptors (Lipinski definition) is 4. The highest BCUT2D eigenvalue weighted by molar-refractivity contribution is 8.00. The van der Waals surface area contributed by atoms with Crippen molar-refractivity contribution in [2.24, 2.45) is 7.05 Å². The summed E-state index contributed by atoms with van der Waals surface area (Å²) in [6.07, 6.45) is 3.49. The summed E-state index contributed by atoms with van der Waals surface area (Å²) < 4.78 is 15.2. The molecule has 5 nitrogen and oxygen atoms in total. The number of aryl methyl sites for hydroxylation is 1. The number of nitrogen functional groups attached to an aromatic ring is 1. The second kappa shape index (κ2) is 5.96. The number of carbonyl (C=O) groups is 1. The Hall–Kier alpha value is -2.02. The van der Waals surface area contributed by atoms with E-state index in [0.29, 0.717) is 5.69 Å². The van der Waals surface area contributed by atoms with Gasteiger partial charge in [0.1, 0.15) is 5.82 Å². The number of amides is 1. The Kier molecular flexibility index (Phi) is 4.29. The number of benzene rings is 1. The number of halogens is 1. The molecule has 0 aliphatic rings. The molecular formula is C13H15FN4OS. The van der Waals surface area contributed by atoms with E-state index < -0.39 is 5.82 Å². The molecule has 106 valence electrons. The minimum absolute atomic E-state index is 0.0913. The van der Waals surface area contributed by atoms with Crippen molar-refractivity contribution in [3.63, 3.8) is 0 Å². The van der Waals surface area contributed by atoms with Crippen LogP contribution in [0.3, 0.4) is 0 Å². The van der Waals surface area contributed by atoms with Gasteiger partial charge in [0.15, 0.2) is 0 Å². The van der Waals surface area contributed by atoms with E-state index in [1.54, 1.807) is 24.9 Å². The van der Waals surface area contributed by atoms with Gasteiger partial charge in [0, 0.05) is 23.8 Å². The molecule has 0 bridgehead atoms. The molecule has 0 radical (unpaired) electrons. The molecule has 0 spiro atoms. The van der Waals surface area contributed by atoms with Gasteiger partial charge in [-0.1, -0.05) is 0 Å². The highest BCUT2D eigenvalue weighted by Crippen LogP contribution is 2.24. The number of nitrogens with zero attached hydrogens (tertiary/aromatic N) is 2. The van der Waals surface area contributed by atoms with Gasteiger partial charge in [-0.2, -0.15) is 5.10 Å². The van der Waals surface area contributed by atoms with E-state index in [4.69, 9.17) is 5.73 Å². The van der Waals surface area contributed by atoms with E-state index in [1.165, 1.54) is 30.0 Å². The zero-order valence-corrected chi connectivity index (χ0v) is 11.9. The molecule has 1 unspecified atom stereocenters. The molecule has 1 heterocycles. The van der Waals surface area contributed by atoms with Crippen LogP contribution in [0.25, 0.3) is 0 Å². The highest BCUT2D eigenvalue weighted by Gasteiger charge is 2.17. The fraction of sp³-hybridized carbons (Fsp3) is 0.231. The molecule has 20 heavy (non-hydrogen) atoms. The van der Waals surface area contributed by atoms with Gasteiger partial charge in [0.05, 0.1) is 17.1 Å². The first-order chi connectivity index (χ1) is 9.45. The van der Waals surface area contributed by atoms with Crippen LogP contribution in [0.2, 0.25) is 0 Å². The van der Waals surface area contributed by atoms with Crippen molar-refractivity contribution in [2.45, 2.75) is 17.1 Å². The fourth-order valence-corrected chi connectivity index (χ4v) is 2.49. The van der Waals surface area contributed by atoms with Crippen molar-refractivity contribution >= 4 is 29.0 Å². The van der Waals surface area contributed by atoms with Crippen molar-refractivity contribution < 1.29 is 9.18 Å². The molecule has 0 aliphatic carbocycles. The summed E-state index contributed by atoms with van der Waals surface area (Å²) in [6.45, 7) is 1.75. The molecule has 1 aromatic heterocycles. The number of hydrogen-bond donors (Lipinski definition) is 2. The maximum Gasteiger partial charge on any atom is 0.237 e. The second-order valence-corrected chi connectivity index (χ2v) is 5.75. The Bertz CT molecular complexity index is 629. The minimum atomic E-state index is -0.508. The van der Waals surface area contributed by atoms with Crippen molar-refractivity contribution in [1.29, 1.82) is 0 Å². The Morgan fingerprint density at radius 1 is 1.55 bits per heavy atom. The van der Waals surface area contributed by atoms with Gasteiger partial charge in [-0.3, -0.25) is 9.48 Å². The van der Waals surface area contributed by atoms with Crippen LogP contribution >= 0.6 is 11.8 Å². The molecule has 0 saturated carbocycles. The molecule has 0 fully saturated rings. The number of carbonyl (C=O) groups excluding carboxylic acids is 1. The lowest BCUT2D eigenvalue weighted by Gasteiger charge is -2.12. The predicted octanol–water partition coefficient (Wildman–Crippen LogP) is 2.26. The van der Waals surface area contributed by atoms with Crippen LogP contribution in [-0.4, -0.2) is 20.9 Å². The molecule has 0 saturated heterocycles. The first kappa shape index (κ1) is 14.4. The molecule has 1 atom stereocenters. The fourth-order valence-electron chi connectivity index (χ4n) is 1.59. The molecule has 1 aromatic carbocycles. The van der Waals surface area contributed by atoms with Gasteiger partial charge in [-0.25, -0.2) is 4.39 Å². The van der Waals surface area contributed by atoms with Gasteiger partial charge >= 0.3 is 0 Å². The zero-order chi connectivity index (χ0) is 14.7. The zero-order valence-electron chi connectivity index (χ0n) is 11.1. The molecule has 0 aliphatic heterocycles. The van der Waals surface area contributed by atoms with E-state index in [0.717, 1.165) is 4.90 Å². The average Bonchev–Trinajstić information content (AvgIpc) is 2.79. The summed E-state index contributed by atoms with van der Waals surface area (Å²) >= 11 is 1.35. The van der Waals surface area contributed by atoms with E-state index in [-0.39, 0.29) is 16.8 Å². The van der Waals surface area contributed by atoms with E-state index in [2.05, 4.69) is 10.4 Å². The summed E-state index contributed by atoms with van der Waals surface area (Å²) in [5, 5.41) is 6.19. The van der Waals surface area contributed by atoms with E-state index in [1.807, 2.05) is 6.20 Å². The summed E-state index contributed by atoms with van der Waals surface area (Å²) in [7, 11) is 1.80. The Labute approximate surface area is 120 Å². The summed E-state index contributed by atoms with van der Waals surface area (Å²) in [6, 6.07) is 4.07. The van der Waals surface area contributed by atoms with Crippen molar-refractivity contribution in [2.75, 3.05) is 11.1 Å². The monoisotopic (exact) mass is 294 g/mol. The third-order valence-corrected chi connectivity index (χ3v) is 3.66. The van der Waals surface area contributed by atoms with Crippen LogP contribution in [0.4, 0.5) is 15.8 Å². The van der Waals surface area contributed by atoms with Gasteiger partial charge in [-0.15, -0.1) is 11.8 Å². The SMILES string of the molecule is CC(Sc1cnn(C)c1)C(=O)Nc1cc(N)ccc1F. The lowest BCUT2D eigenvalue weighted by molar-refractivity contribution is -0.115. The number of thioether (sulfide) groups is 1. The maximum atomic E-state index is 13.5. The van der Waals surface area contributed by atoms with Crippen LogP contribution in [0.5, 0.6) is 0 Å². The van der Waals surface area contributed by atoms with Crippen LogP contribution in [0, 0.1) is 5.82 Å². The normalized spacial score (nSPS) is 12.2. The van der Waals surface area contributed by atoms with Crippen molar-refractivity contribution in [1.82, 2.24) is 9.78 Å². The number of aromatic nitrogens is 2. The molecule has 2 aromatic rings. The predicted molar refractivity (Wildman–Crippen MR) is 78.0 cm³/mol. The number of rotatable bonds is 4. The third-order valence-electron chi connectivity index (χ3n) is 2.61. The smallest absolute Gasteiger partial charge is 0.237 e. The minimum Gasteiger partial charge on any atom is -0.399 e. The quantitative estimate of drug-likeness (QED) is 0.670. The topological polar surface area (TPSA) is 72.9 Å². The Balaban J connectivity index is 2.02. The van der Waals surface area contributed by atoms with Gasteiger partial charge in [0.25, 0.3) is 0 Å². The van der Waals surface area contributed by atoms with Gasteiger partial charge in [0.2, 0.25) is 5.91 Å². The average molecular weight is 294 g/mol. The van der Waals surface area contributed by atoms with E-state index >= 15 is 0 Å². The van der Waals surface area contributed by atoms with Crippen LogP contribution < -0.4 is 11.1 Å². The molecule has 1 amide bonds. The highest BCUT2D eigenvalue weighted by atomic mass is 32.2. The largest absolute Gasteiger partial charge is 0.399 e. The van der Waals surface area contributed by atoms with Crippen molar-refractivity contribution in [3.05, 3.63) is 36.4 Å². The second-order valence-electron chi connectivity index (χ2n) is 4.34. The van der Waals surface area contributed by atoms with Gasteiger partial charge in [-0.05, 0) is 25.1 Å². The summed E-state index contributed by atoms with van der Waals surface area (Å²) in [4.78, 5) is 12.9. The first-order valence-electron chi connectivity index (χ1n) is 5.97. The van der Waals surface area contributed by atoms with Crippen LogP contribution in [0.15, 0.2) is 35.5 Å². The lowest BCUT2D eigenvalue weighted by Crippen LogP contribution is -2.23. The molecule has 3 N–H and O–H groups in total. The number of nitrogens with one attached hydrogen (secondary N) is 1. The Morgan fingerprint density at radius 3 is 2.95 bits per heavy atom. The van der Waals surface area contributed by atoms with Crippen LogP contribution in [-0.2, 0) is 11.8 Å². The molecular weight excluding hydrogens is 279 g/mol. The summed E-state index contributed by atoms with van der Waals surface area (Å²) in [5.41, 5.74) is 6.06. The van der Waals surface area contributed by atoms with Gasteiger partial charge < -0.3 is 11.1 Å². The van der Waals surface area contributed by atoms with Crippen LogP contribution in [0.1, 0.15) is 6.92 Å². The maximum absolute atomic E-state index is 13.5. The molecule has 2 rings (SSSR count). The third kappa shape index (κ3) is 3.51. The summed E-state index contributed by atoms with van der Waals surface area (Å²) in [5.74, 6) is -0.797. The lowest BCUT2D eigenvalue weighted by atomic mass is 10.2.